The van der Waals surface area contributed by atoms with Crippen LogP contribution in [0.1, 0.15) is 23.6 Å². The average molecular weight is 206 g/mol. The van der Waals surface area contributed by atoms with Crippen molar-refractivity contribution in [2.45, 2.75) is 20.3 Å². The topological polar surface area (TPSA) is 23.8 Å². The zero-order chi connectivity index (χ0) is 10.6. The molecule has 0 saturated heterocycles. The predicted octanol–water partition coefficient (Wildman–Crippen LogP) is 3.75. The van der Waals surface area contributed by atoms with Gasteiger partial charge >= 0.3 is 0 Å². The summed E-state index contributed by atoms with van der Waals surface area (Å²) < 4.78 is 0. The molecule has 0 aliphatic heterocycles. The molecule has 72 valence electrons. The first-order valence-corrected chi connectivity index (χ1v) is 4.92. The summed E-state index contributed by atoms with van der Waals surface area (Å²) >= 11 is 6.06. The van der Waals surface area contributed by atoms with Gasteiger partial charge in [0.25, 0.3) is 0 Å². The van der Waals surface area contributed by atoms with Gasteiger partial charge in [-0.25, -0.2) is 0 Å². The molecule has 0 aliphatic rings. The van der Waals surface area contributed by atoms with Crippen LogP contribution < -0.4 is 0 Å². The highest BCUT2D eigenvalue weighted by atomic mass is 35.5. The fraction of sp³-hybridized carbons (Fsp3) is 0.250. The molecule has 14 heavy (non-hydrogen) atoms. The van der Waals surface area contributed by atoms with Crippen molar-refractivity contribution in [2.24, 2.45) is 0 Å². The van der Waals surface area contributed by atoms with Crippen molar-refractivity contribution in [1.82, 2.24) is 0 Å². The van der Waals surface area contributed by atoms with E-state index in [0.29, 0.717) is 0 Å². The third-order valence-electron chi connectivity index (χ3n) is 2.21. The monoisotopic (exact) mass is 205 g/mol. The maximum atomic E-state index is 8.41. The number of halogens is 1. The highest BCUT2D eigenvalue weighted by Gasteiger charge is 2.02. The Morgan fingerprint density at radius 1 is 1.50 bits per heavy atom. The lowest BCUT2D eigenvalue weighted by Crippen LogP contribution is -1.89. The Hall–Kier alpha value is -1.26. The van der Waals surface area contributed by atoms with Crippen molar-refractivity contribution in [2.75, 3.05) is 0 Å². The van der Waals surface area contributed by atoms with E-state index < -0.39 is 0 Å². The van der Waals surface area contributed by atoms with Crippen LogP contribution in [0.25, 0.3) is 6.08 Å². The highest BCUT2D eigenvalue weighted by molar-refractivity contribution is 6.31. The van der Waals surface area contributed by atoms with Crippen molar-refractivity contribution in [3.05, 3.63) is 39.9 Å². The van der Waals surface area contributed by atoms with Gasteiger partial charge in [0.1, 0.15) is 0 Å². The summed E-state index contributed by atoms with van der Waals surface area (Å²) in [7, 11) is 0. The normalized spacial score (nSPS) is 10.4. The lowest BCUT2D eigenvalue weighted by atomic mass is 10.0. The van der Waals surface area contributed by atoms with Crippen LogP contribution in [0, 0.1) is 18.3 Å². The molecule has 0 amide bonds. The van der Waals surface area contributed by atoms with Gasteiger partial charge in [-0.3, -0.25) is 0 Å². The lowest BCUT2D eigenvalue weighted by Gasteiger charge is -2.06. The van der Waals surface area contributed by atoms with Crippen molar-refractivity contribution in [1.29, 1.82) is 5.26 Å². The molecule has 0 bridgehead atoms. The van der Waals surface area contributed by atoms with Gasteiger partial charge in [-0.05, 0) is 42.2 Å². The molecule has 1 aromatic carbocycles. The fourth-order valence-corrected chi connectivity index (χ4v) is 1.60. The smallest absolute Gasteiger partial charge is 0.0912 e. The Morgan fingerprint density at radius 3 is 2.79 bits per heavy atom. The van der Waals surface area contributed by atoms with Gasteiger partial charge in [0, 0.05) is 11.1 Å². The van der Waals surface area contributed by atoms with Gasteiger partial charge in [-0.1, -0.05) is 24.6 Å². The minimum absolute atomic E-state index is 0.766. The molecule has 1 nitrogen and oxygen atoms in total. The average Bonchev–Trinajstić information content (AvgIpc) is 2.19. The second kappa shape index (κ2) is 4.83. The van der Waals surface area contributed by atoms with Crippen LogP contribution >= 0.6 is 11.6 Å². The molecular formula is C12H12ClN. The van der Waals surface area contributed by atoms with Crippen LogP contribution in [0.4, 0.5) is 0 Å². The number of nitrogens with zero attached hydrogens (tertiary/aromatic N) is 1. The molecule has 1 aromatic rings. The summed E-state index contributed by atoms with van der Waals surface area (Å²) in [5, 5.41) is 9.17. The largest absolute Gasteiger partial charge is 0.193 e. The summed E-state index contributed by atoms with van der Waals surface area (Å²) in [6, 6.07) is 5.91. The summed E-state index contributed by atoms with van der Waals surface area (Å²) in [6.07, 6.45) is 4.19. The number of hydrogen-bond donors (Lipinski definition) is 0. The van der Waals surface area contributed by atoms with E-state index in [1.807, 2.05) is 19.1 Å². The van der Waals surface area contributed by atoms with E-state index >= 15 is 0 Å². The SMILES string of the molecule is CCc1cc(/C=C/C#N)cc(Cl)c1C. The van der Waals surface area contributed by atoms with Gasteiger partial charge < -0.3 is 0 Å². The predicted molar refractivity (Wildman–Crippen MR) is 60.2 cm³/mol. The van der Waals surface area contributed by atoms with Crippen LogP contribution in [0.5, 0.6) is 0 Å². The maximum absolute atomic E-state index is 8.41. The van der Waals surface area contributed by atoms with Gasteiger partial charge in [0.05, 0.1) is 6.07 Å². The molecule has 0 aromatic heterocycles. The first-order valence-electron chi connectivity index (χ1n) is 4.54. The number of aryl methyl sites for hydroxylation is 1. The fourth-order valence-electron chi connectivity index (χ4n) is 1.36. The van der Waals surface area contributed by atoms with Crippen LogP contribution in [-0.4, -0.2) is 0 Å². The molecule has 0 aliphatic carbocycles. The Kier molecular flexibility index (Phi) is 3.73. The number of benzene rings is 1. The van der Waals surface area contributed by atoms with E-state index in [1.54, 1.807) is 6.08 Å². The highest BCUT2D eigenvalue weighted by Crippen LogP contribution is 2.22. The van der Waals surface area contributed by atoms with Gasteiger partial charge in [0.2, 0.25) is 0 Å². The molecule has 2 heteroatoms. The molecule has 0 N–H and O–H groups in total. The third kappa shape index (κ3) is 2.37. The summed E-state index contributed by atoms with van der Waals surface area (Å²) in [6.45, 7) is 4.11. The molecule has 0 radical (unpaired) electrons. The quantitative estimate of drug-likeness (QED) is 0.675. The van der Waals surface area contributed by atoms with E-state index in [2.05, 4.69) is 13.0 Å². The molecule has 0 fully saturated rings. The molecule has 0 spiro atoms. The van der Waals surface area contributed by atoms with Crippen LogP contribution in [-0.2, 0) is 6.42 Å². The van der Waals surface area contributed by atoms with E-state index in [-0.39, 0.29) is 0 Å². The molecule has 0 saturated carbocycles. The number of nitriles is 1. The number of allylic oxidation sites excluding steroid dienone is 1. The summed E-state index contributed by atoms with van der Waals surface area (Å²) in [5.74, 6) is 0. The van der Waals surface area contributed by atoms with Crippen molar-refractivity contribution >= 4 is 17.7 Å². The molecule has 0 unspecified atom stereocenters. The zero-order valence-electron chi connectivity index (χ0n) is 8.34. The van der Waals surface area contributed by atoms with E-state index in [4.69, 9.17) is 16.9 Å². The molecule has 1 rings (SSSR count). The summed E-state index contributed by atoms with van der Waals surface area (Å²) in [5.41, 5.74) is 3.34. The van der Waals surface area contributed by atoms with Crippen molar-refractivity contribution in [3.63, 3.8) is 0 Å². The molecule has 0 heterocycles. The van der Waals surface area contributed by atoms with Gasteiger partial charge in [0.15, 0.2) is 0 Å². The van der Waals surface area contributed by atoms with E-state index in [1.165, 1.54) is 11.6 Å². The maximum Gasteiger partial charge on any atom is 0.0912 e. The van der Waals surface area contributed by atoms with Gasteiger partial charge in [-0.15, -0.1) is 0 Å². The standard InChI is InChI=1S/C12H12ClN/c1-3-11-7-10(5-4-6-14)8-12(13)9(11)2/h4-5,7-8H,3H2,1-2H3/b5-4+. The first kappa shape index (κ1) is 10.8. The first-order chi connectivity index (χ1) is 6.69. The lowest BCUT2D eigenvalue weighted by molar-refractivity contribution is 1.11. The minimum atomic E-state index is 0.766. The van der Waals surface area contributed by atoms with E-state index in [0.717, 1.165) is 22.6 Å². The van der Waals surface area contributed by atoms with Crippen molar-refractivity contribution < 1.29 is 0 Å². The second-order valence-electron chi connectivity index (χ2n) is 3.10. The van der Waals surface area contributed by atoms with Crippen molar-refractivity contribution in [3.8, 4) is 6.07 Å². The molecule has 0 atom stereocenters. The Balaban J connectivity index is 3.17. The Bertz CT molecular complexity index is 400. The van der Waals surface area contributed by atoms with Crippen LogP contribution in [0.3, 0.4) is 0 Å². The number of rotatable bonds is 2. The van der Waals surface area contributed by atoms with Crippen LogP contribution in [0.2, 0.25) is 5.02 Å². The Morgan fingerprint density at radius 2 is 2.21 bits per heavy atom. The second-order valence-corrected chi connectivity index (χ2v) is 3.51. The minimum Gasteiger partial charge on any atom is -0.193 e. The van der Waals surface area contributed by atoms with Crippen LogP contribution in [0.15, 0.2) is 18.2 Å². The summed E-state index contributed by atoms with van der Waals surface area (Å²) in [4.78, 5) is 0. The number of hydrogen-bond acceptors (Lipinski definition) is 1. The van der Waals surface area contributed by atoms with Gasteiger partial charge in [-0.2, -0.15) is 5.26 Å². The van der Waals surface area contributed by atoms with E-state index in [9.17, 15) is 0 Å². The third-order valence-corrected chi connectivity index (χ3v) is 2.60. The Labute approximate surface area is 89.6 Å². The molecular weight excluding hydrogens is 194 g/mol. The zero-order valence-corrected chi connectivity index (χ0v) is 9.10.